The Kier molecular flexibility index (Phi) is 2.13. The predicted octanol–water partition coefficient (Wildman–Crippen LogP) is 2.46. The van der Waals surface area contributed by atoms with Gasteiger partial charge in [-0.25, -0.2) is 0 Å². The quantitative estimate of drug-likeness (QED) is 0.704. The summed E-state index contributed by atoms with van der Waals surface area (Å²) in [6.45, 7) is 0. The van der Waals surface area contributed by atoms with E-state index in [1.807, 2.05) is 23.7 Å². The van der Waals surface area contributed by atoms with Gasteiger partial charge >= 0.3 is 0 Å². The van der Waals surface area contributed by atoms with E-state index in [4.69, 9.17) is 12.2 Å². The highest BCUT2D eigenvalue weighted by molar-refractivity contribution is 7.71. The number of benzene rings is 1. The number of phenolic OH excluding ortho intramolecular Hbond substituents is 1. The Balaban J connectivity index is 2.66. The van der Waals surface area contributed by atoms with Crippen LogP contribution in [0.3, 0.4) is 0 Å². The maximum absolute atomic E-state index is 9.64. The van der Waals surface area contributed by atoms with Crippen molar-refractivity contribution in [1.82, 2.24) is 9.55 Å². The number of aromatic amines is 1. The first kappa shape index (κ1) is 9.02. The van der Waals surface area contributed by atoms with Crippen LogP contribution in [0.4, 0.5) is 0 Å². The van der Waals surface area contributed by atoms with Crippen molar-refractivity contribution < 1.29 is 5.11 Å². The monoisotopic (exact) mass is 206 g/mol. The van der Waals surface area contributed by atoms with Crippen LogP contribution < -0.4 is 0 Å². The van der Waals surface area contributed by atoms with Gasteiger partial charge in [0.2, 0.25) is 0 Å². The largest absolute Gasteiger partial charge is 0.507 e. The Hall–Kier alpha value is -1.55. The summed E-state index contributed by atoms with van der Waals surface area (Å²) in [5, 5.41) is 9.64. The van der Waals surface area contributed by atoms with Gasteiger partial charge in [0.25, 0.3) is 0 Å². The molecule has 0 amide bonds. The van der Waals surface area contributed by atoms with E-state index < -0.39 is 0 Å². The molecule has 0 saturated heterocycles. The number of imidazole rings is 1. The van der Waals surface area contributed by atoms with E-state index in [1.165, 1.54) is 0 Å². The molecule has 0 aliphatic rings. The molecule has 2 rings (SSSR count). The summed E-state index contributed by atoms with van der Waals surface area (Å²) in [5.74, 6) is 0.261. The van der Waals surface area contributed by atoms with Crippen LogP contribution in [0.25, 0.3) is 11.3 Å². The van der Waals surface area contributed by atoms with Gasteiger partial charge in [0.05, 0.1) is 5.69 Å². The molecule has 2 N–H and O–H groups in total. The Morgan fingerprint density at radius 1 is 1.36 bits per heavy atom. The molecule has 4 heteroatoms. The molecule has 0 aliphatic carbocycles. The van der Waals surface area contributed by atoms with Gasteiger partial charge in [-0.15, -0.1) is 0 Å². The first-order chi connectivity index (χ1) is 6.70. The number of rotatable bonds is 1. The molecule has 3 nitrogen and oxygen atoms in total. The number of aromatic hydroxyl groups is 1. The van der Waals surface area contributed by atoms with Gasteiger partial charge in [-0.2, -0.15) is 0 Å². The van der Waals surface area contributed by atoms with Crippen LogP contribution in [-0.4, -0.2) is 14.7 Å². The number of nitrogens with zero attached hydrogens (tertiary/aromatic N) is 1. The lowest BCUT2D eigenvalue weighted by Gasteiger charge is -2.03. The van der Waals surface area contributed by atoms with Gasteiger partial charge in [-0.3, -0.25) is 0 Å². The Labute approximate surface area is 86.6 Å². The maximum atomic E-state index is 9.64. The first-order valence-corrected chi connectivity index (χ1v) is 4.64. The van der Waals surface area contributed by atoms with E-state index in [0.29, 0.717) is 4.77 Å². The zero-order chi connectivity index (χ0) is 10.1. The molecule has 1 heterocycles. The topological polar surface area (TPSA) is 41.0 Å². The molecule has 0 aliphatic heterocycles. The highest BCUT2D eigenvalue weighted by Crippen LogP contribution is 2.27. The summed E-state index contributed by atoms with van der Waals surface area (Å²) < 4.78 is 2.47. The molecule has 0 saturated carbocycles. The fraction of sp³-hybridized carbons (Fsp3) is 0.100. The molecule has 72 valence electrons. The number of hydrogen-bond donors (Lipinski definition) is 2. The van der Waals surface area contributed by atoms with Crippen molar-refractivity contribution in [3.8, 4) is 17.0 Å². The van der Waals surface area contributed by atoms with Crippen molar-refractivity contribution in [3.63, 3.8) is 0 Å². The number of hydrogen-bond acceptors (Lipinski definition) is 2. The summed E-state index contributed by atoms with van der Waals surface area (Å²) in [6, 6.07) is 7.18. The van der Waals surface area contributed by atoms with E-state index >= 15 is 0 Å². The summed E-state index contributed by atoms with van der Waals surface area (Å²) in [5.41, 5.74) is 1.66. The van der Waals surface area contributed by atoms with Crippen molar-refractivity contribution in [2.24, 2.45) is 7.05 Å². The molecule has 0 bridgehead atoms. The van der Waals surface area contributed by atoms with Crippen LogP contribution in [0, 0.1) is 4.77 Å². The molecular formula is C10H10N2OS. The van der Waals surface area contributed by atoms with Crippen LogP contribution in [0.1, 0.15) is 0 Å². The Morgan fingerprint density at radius 2 is 2.07 bits per heavy atom. The lowest BCUT2D eigenvalue weighted by atomic mass is 10.1. The third kappa shape index (κ3) is 1.33. The fourth-order valence-corrected chi connectivity index (χ4v) is 1.54. The molecule has 0 unspecified atom stereocenters. The molecule has 14 heavy (non-hydrogen) atoms. The Morgan fingerprint density at radius 3 is 2.64 bits per heavy atom. The van der Waals surface area contributed by atoms with Crippen LogP contribution >= 0.6 is 12.2 Å². The summed E-state index contributed by atoms with van der Waals surface area (Å²) in [6.07, 6.45) is 1.79. The first-order valence-electron chi connectivity index (χ1n) is 4.23. The Bertz CT molecular complexity index is 513. The van der Waals surface area contributed by atoms with Gasteiger partial charge in [0.1, 0.15) is 5.75 Å². The van der Waals surface area contributed by atoms with E-state index in [1.54, 1.807) is 18.3 Å². The number of H-pyrrole nitrogens is 1. The molecule has 0 radical (unpaired) electrons. The van der Waals surface area contributed by atoms with Crippen LogP contribution in [0.2, 0.25) is 0 Å². The molecule has 1 aromatic carbocycles. The third-order valence-electron chi connectivity index (χ3n) is 2.18. The van der Waals surface area contributed by atoms with Gasteiger partial charge in [0.15, 0.2) is 4.77 Å². The van der Waals surface area contributed by atoms with Gasteiger partial charge < -0.3 is 14.7 Å². The lowest BCUT2D eigenvalue weighted by molar-refractivity contribution is 0.477. The smallest absolute Gasteiger partial charge is 0.177 e. The molecule has 0 fully saturated rings. The zero-order valence-corrected chi connectivity index (χ0v) is 8.51. The average Bonchev–Trinajstić information content (AvgIpc) is 2.49. The van der Waals surface area contributed by atoms with E-state index in [-0.39, 0.29) is 5.75 Å². The molecule has 0 spiro atoms. The van der Waals surface area contributed by atoms with E-state index in [2.05, 4.69) is 4.98 Å². The molecular weight excluding hydrogens is 196 g/mol. The predicted molar refractivity (Wildman–Crippen MR) is 57.7 cm³/mol. The number of para-hydroxylation sites is 1. The van der Waals surface area contributed by atoms with Crippen molar-refractivity contribution in [2.75, 3.05) is 0 Å². The number of phenols is 1. The van der Waals surface area contributed by atoms with E-state index in [9.17, 15) is 5.11 Å². The van der Waals surface area contributed by atoms with Crippen molar-refractivity contribution >= 4 is 12.2 Å². The van der Waals surface area contributed by atoms with Crippen molar-refractivity contribution in [2.45, 2.75) is 0 Å². The van der Waals surface area contributed by atoms with Crippen LogP contribution in [0.5, 0.6) is 5.75 Å². The maximum Gasteiger partial charge on any atom is 0.177 e. The minimum Gasteiger partial charge on any atom is -0.507 e. The van der Waals surface area contributed by atoms with Gasteiger partial charge in [0, 0.05) is 18.8 Å². The fourth-order valence-electron chi connectivity index (χ4n) is 1.38. The van der Waals surface area contributed by atoms with Crippen molar-refractivity contribution in [3.05, 3.63) is 35.2 Å². The second-order valence-corrected chi connectivity index (χ2v) is 3.44. The summed E-state index contributed by atoms with van der Waals surface area (Å²) >= 11 is 5.04. The second-order valence-electron chi connectivity index (χ2n) is 3.06. The highest BCUT2D eigenvalue weighted by Gasteiger charge is 2.06. The summed E-state index contributed by atoms with van der Waals surface area (Å²) in [4.78, 5) is 2.93. The molecule has 1 aromatic heterocycles. The lowest BCUT2D eigenvalue weighted by Crippen LogP contribution is -1.91. The third-order valence-corrected chi connectivity index (χ3v) is 2.57. The molecule has 0 atom stereocenters. The second kappa shape index (κ2) is 3.31. The van der Waals surface area contributed by atoms with Crippen LogP contribution in [-0.2, 0) is 7.05 Å². The molecule has 2 aromatic rings. The normalized spacial score (nSPS) is 10.4. The van der Waals surface area contributed by atoms with Crippen LogP contribution in [0.15, 0.2) is 30.5 Å². The highest BCUT2D eigenvalue weighted by atomic mass is 32.1. The van der Waals surface area contributed by atoms with Crippen molar-refractivity contribution in [1.29, 1.82) is 0 Å². The van der Waals surface area contributed by atoms with Gasteiger partial charge in [-0.1, -0.05) is 12.1 Å². The number of nitrogens with one attached hydrogen (secondary N) is 1. The zero-order valence-electron chi connectivity index (χ0n) is 7.69. The van der Waals surface area contributed by atoms with Gasteiger partial charge in [-0.05, 0) is 24.4 Å². The average molecular weight is 206 g/mol. The minimum absolute atomic E-state index is 0.261. The summed E-state index contributed by atoms with van der Waals surface area (Å²) in [7, 11) is 1.86. The number of aromatic nitrogens is 2. The standard InChI is InChI=1S/C10H10N2OS/c1-12-8(6-11-10(12)14)7-4-2-3-5-9(7)13/h2-6,13H,1H3,(H,11,14). The minimum atomic E-state index is 0.261. The van der Waals surface area contributed by atoms with E-state index in [0.717, 1.165) is 11.3 Å². The SMILES string of the molecule is Cn1c(-c2ccccc2O)c[nH]c1=S.